The van der Waals surface area contributed by atoms with Crippen LogP contribution in [-0.2, 0) is 16.0 Å². The molecule has 1 aromatic carbocycles. The molecule has 6 nitrogen and oxygen atoms in total. The minimum Gasteiger partial charge on any atom is -0.380 e. The normalized spacial score (nSPS) is 13.3. The van der Waals surface area contributed by atoms with Crippen LogP contribution in [0.1, 0.15) is 25.3 Å². The minimum atomic E-state index is -1.82. The van der Waals surface area contributed by atoms with Crippen molar-refractivity contribution in [1.82, 2.24) is 5.32 Å². The van der Waals surface area contributed by atoms with E-state index in [4.69, 9.17) is 0 Å². The van der Waals surface area contributed by atoms with Crippen LogP contribution in [-0.4, -0.2) is 41.3 Å². The van der Waals surface area contributed by atoms with Gasteiger partial charge in [-0.05, 0) is 30.5 Å². The molecule has 21 heavy (non-hydrogen) atoms. The Morgan fingerprint density at radius 3 is 2.19 bits per heavy atom. The number of anilines is 1. The lowest BCUT2D eigenvalue weighted by Gasteiger charge is -2.16. The molecule has 0 saturated carbocycles. The molecule has 1 unspecified atom stereocenters. The molecule has 1 aromatic rings. The number of hydrogen-bond donors (Lipinski definition) is 4. The van der Waals surface area contributed by atoms with Gasteiger partial charge in [-0.3, -0.25) is 9.59 Å². The minimum absolute atomic E-state index is 0.503. The number of aliphatic hydroxyl groups is 2. The summed E-state index contributed by atoms with van der Waals surface area (Å²) in [6, 6.07) is 7.24. The first-order chi connectivity index (χ1) is 9.99. The number of unbranched alkanes of at least 4 members (excludes halogenated alkanes) is 1. The van der Waals surface area contributed by atoms with Crippen LogP contribution >= 0.6 is 0 Å². The van der Waals surface area contributed by atoms with Gasteiger partial charge in [0.25, 0.3) is 11.8 Å². The maximum Gasteiger partial charge on any atom is 0.256 e. The molecule has 0 saturated heterocycles. The molecule has 1 rings (SSSR count). The maximum absolute atomic E-state index is 11.7. The summed E-state index contributed by atoms with van der Waals surface area (Å²) in [6.07, 6.45) is -0.420. The Bertz CT molecular complexity index is 473. The van der Waals surface area contributed by atoms with Gasteiger partial charge < -0.3 is 20.8 Å². The van der Waals surface area contributed by atoms with Crippen LogP contribution in [0.15, 0.2) is 24.3 Å². The molecular formula is C15H22N2O4. The second-order valence-electron chi connectivity index (χ2n) is 4.79. The molecule has 0 fully saturated rings. The highest BCUT2D eigenvalue weighted by Gasteiger charge is 2.29. The molecule has 6 heteroatoms. The molecule has 0 aliphatic heterocycles. The Morgan fingerprint density at radius 1 is 1.10 bits per heavy atom. The predicted molar refractivity (Wildman–Crippen MR) is 79.8 cm³/mol. The van der Waals surface area contributed by atoms with Crippen LogP contribution < -0.4 is 10.6 Å². The van der Waals surface area contributed by atoms with Crippen molar-refractivity contribution in [2.24, 2.45) is 0 Å². The van der Waals surface area contributed by atoms with E-state index >= 15 is 0 Å². The highest BCUT2D eigenvalue weighted by molar-refractivity contribution is 5.98. The Balaban J connectivity index is 2.60. The number of hydrogen-bond acceptors (Lipinski definition) is 4. The fraction of sp³-hybridized carbons (Fsp3) is 0.467. The van der Waals surface area contributed by atoms with Gasteiger partial charge in [0.2, 0.25) is 0 Å². The Hall–Kier alpha value is -1.92. The highest BCUT2D eigenvalue weighted by atomic mass is 16.3. The lowest BCUT2D eigenvalue weighted by atomic mass is 10.1. The van der Waals surface area contributed by atoms with Crippen molar-refractivity contribution in [3.8, 4) is 0 Å². The lowest BCUT2D eigenvalue weighted by Crippen LogP contribution is -2.46. The quantitative estimate of drug-likeness (QED) is 0.586. The largest absolute Gasteiger partial charge is 0.380 e. The van der Waals surface area contributed by atoms with E-state index in [2.05, 4.69) is 17.6 Å². The number of nitrogens with one attached hydrogen (secondary N) is 2. The topological polar surface area (TPSA) is 98.7 Å². The molecule has 0 aliphatic carbocycles. The van der Waals surface area contributed by atoms with Gasteiger partial charge in [0.15, 0.2) is 12.2 Å². The number of amides is 2. The highest BCUT2D eigenvalue weighted by Crippen LogP contribution is 2.12. The molecule has 4 N–H and O–H groups in total. The maximum atomic E-state index is 11.7. The zero-order valence-corrected chi connectivity index (χ0v) is 12.3. The second-order valence-corrected chi connectivity index (χ2v) is 4.79. The monoisotopic (exact) mass is 294 g/mol. The van der Waals surface area contributed by atoms with E-state index < -0.39 is 24.0 Å². The van der Waals surface area contributed by atoms with Gasteiger partial charge in [-0.25, -0.2) is 0 Å². The van der Waals surface area contributed by atoms with Crippen molar-refractivity contribution in [1.29, 1.82) is 0 Å². The number of rotatable bonds is 7. The van der Waals surface area contributed by atoms with E-state index in [0.29, 0.717) is 5.69 Å². The lowest BCUT2D eigenvalue weighted by molar-refractivity contribution is -0.142. The molecule has 116 valence electrons. The van der Waals surface area contributed by atoms with Crippen molar-refractivity contribution in [3.63, 3.8) is 0 Å². The average molecular weight is 294 g/mol. The molecule has 2 amide bonds. The van der Waals surface area contributed by atoms with E-state index in [-0.39, 0.29) is 0 Å². The number of likely N-dealkylation sites (N-methyl/N-ethyl adjacent to an activating group) is 1. The standard InChI is InChI=1S/C15H22N2O4/c1-3-4-5-10-6-8-11(9-7-10)17-15(21)13(19)12(18)14(20)16-2/h6-9,12-13,18-19H,3-5H2,1-2H3,(H,16,20)(H,17,21)/t12-,13?/m1/s1. The number of aryl methyl sites for hydroxylation is 1. The first-order valence-electron chi connectivity index (χ1n) is 6.97. The first kappa shape index (κ1) is 17.1. The van der Waals surface area contributed by atoms with Crippen molar-refractivity contribution >= 4 is 17.5 Å². The summed E-state index contributed by atoms with van der Waals surface area (Å²) in [4.78, 5) is 22.9. The van der Waals surface area contributed by atoms with E-state index in [9.17, 15) is 19.8 Å². The predicted octanol–water partition coefficient (Wildman–Crippen LogP) is 0.435. The Morgan fingerprint density at radius 2 is 1.67 bits per heavy atom. The SMILES string of the molecule is CCCCc1ccc(NC(=O)C(O)[C@@H](O)C(=O)NC)cc1. The third-order valence-electron chi connectivity index (χ3n) is 3.12. The van der Waals surface area contributed by atoms with E-state index in [0.717, 1.165) is 19.3 Å². The van der Waals surface area contributed by atoms with Gasteiger partial charge in [0.05, 0.1) is 0 Å². The van der Waals surface area contributed by atoms with E-state index in [1.807, 2.05) is 12.1 Å². The second kappa shape index (κ2) is 8.39. The number of benzene rings is 1. The molecule has 0 heterocycles. The summed E-state index contributed by atoms with van der Waals surface area (Å²) < 4.78 is 0. The Kier molecular flexibility index (Phi) is 6.84. The summed E-state index contributed by atoms with van der Waals surface area (Å²) in [6.45, 7) is 2.12. The Labute approximate surface area is 124 Å². The molecule has 0 bridgehead atoms. The van der Waals surface area contributed by atoms with Crippen LogP contribution in [0.25, 0.3) is 0 Å². The summed E-state index contributed by atoms with van der Waals surface area (Å²) in [5, 5.41) is 23.7. The fourth-order valence-electron chi connectivity index (χ4n) is 1.79. The van der Waals surface area contributed by atoms with Gasteiger partial charge >= 0.3 is 0 Å². The molecule has 0 radical (unpaired) electrons. The third kappa shape index (κ3) is 5.17. The van der Waals surface area contributed by atoms with Gasteiger partial charge in [-0.1, -0.05) is 25.5 Å². The van der Waals surface area contributed by atoms with Gasteiger partial charge in [0.1, 0.15) is 0 Å². The van der Waals surface area contributed by atoms with Crippen LogP contribution in [0, 0.1) is 0 Å². The average Bonchev–Trinajstić information content (AvgIpc) is 2.51. The van der Waals surface area contributed by atoms with Gasteiger partial charge in [-0.15, -0.1) is 0 Å². The molecule has 2 atom stereocenters. The third-order valence-corrected chi connectivity index (χ3v) is 3.12. The van der Waals surface area contributed by atoms with Crippen molar-refractivity contribution in [2.75, 3.05) is 12.4 Å². The smallest absolute Gasteiger partial charge is 0.256 e. The van der Waals surface area contributed by atoms with Crippen LogP contribution in [0.5, 0.6) is 0 Å². The number of carbonyl (C=O) groups is 2. The summed E-state index contributed by atoms with van der Waals surface area (Å²) in [5.41, 5.74) is 1.67. The van der Waals surface area contributed by atoms with Crippen molar-refractivity contribution in [2.45, 2.75) is 38.4 Å². The van der Waals surface area contributed by atoms with E-state index in [1.165, 1.54) is 12.6 Å². The van der Waals surface area contributed by atoms with Gasteiger partial charge in [-0.2, -0.15) is 0 Å². The molecule has 0 spiro atoms. The van der Waals surface area contributed by atoms with E-state index in [1.54, 1.807) is 12.1 Å². The number of carbonyl (C=O) groups excluding carboxylic acids is 2. The molecule has 0 aliphatic rings. The van der Waals surface area contributed by atoms with Crippen LogP contribution in [0.2, 0.25) is 0 Å². The van der Waals surface area contributed by atoms with Crippen molar-refractivity contribution in [3.05, 3.63) is 29.8 Å². The first-order valence-corrected chi connectivity index (χ1v) is 6.97. The van der Waals surface area contributed by atoms with Crippen LogP contribution in [0.4, 0.5) is 5.69 Å². The molecule has 0 aromatic heterocycles. The van der Waals surface area contributed by atoms with Crippen LogP contribution in [0.3, 0.4) is 0 Å². The number of aliphatic hydroxyl groups excluding tert-OH is 2. The fourth-order valence-corrected chi connectivity index (χ4v) is 1.79. The molecular weight excluding hydrogens is 272 g/mol. The zero-order valence-electron chi connectivity index (χ0n) is 12.3. The summed E-state index contributed by atoms with van der Waals surface area (Å²) >= 11 is 0. The van der Waals surface area contributed by atoms with Crippen molar-refractivity contribution < 1.29 is 19.8 Å². The van der Waals surface area contributed by atoms with Gasteiger partial charge in [0, 0.05) is 12.7 Å². The summed E-state index contributed by atoms with van der Waals surface area (Å²) in [5.74, 6) is -1.64. The summed E-state index contributed by atoms with van der Waals surface area (Å²) in [7, 11) is 1.31. The zero-order chi connectivity index (χ0) is 15.8.